The van der Waals surface area contributed by atoms with Crippen LogP contribution in [0.1, 0.15) is 37.5 Å². The van der Waals surface area contributed by atoms with Gasteiger partial charge in [0.05, 0.1) is 0 Å². The second kappa shape index (κ2) is 12.0. The number of nitrogens with one attached hydrogen (secondary N) is 1. The lowest BCUT2D eigenvalue weighted by Gasteiger charge is -2.24. The SMILES string of the molecule is CCN(CC)Cc1cccc(CNC(=O)C(C)(N)c2ccccc2)c1.Cl.Cl. The molecule has 1 unspecified atom stereocenters. The van der Waals surface area contributed by atoms with Crippen LogP contribution < -0.4 is 11.1 Å². The van der Waals surface area contributed by atoms with E-state index in [9.17, 15) is 4.79 Å². The Morgan fingerprint density at radius 1 is 1.00 bits per heavy atom. The molecule has 1 amide bonds. The predicted molar refractivity (Wildman–Crippen MR) is 117 cm³/mol. The van der Waals surface area contributed by atoms with Gasteiger partial charge in [-0.25, -0.2) is 0 Å². The van der Waals surface area contributed by atoms with Crippen LogP contribution in [0, 0.1) is 0 Å². The van der Waals surface area contributed by atoms with Gasteiger partial charge in [0.2, 0.25) is 5.91 Å². The van der Waals surface area contributed by atoms with Gasteiger partial charge in [-0.1, -0.05) is 68.4 Å². The molecule has 1 atom stereocenters. The second-order valence-electron chi connectivity index (χ2n) is 6.53. The van der Waals surface area contributed by atoms with Gasteiger partial charge < -0.3 is 11.1 Å². The number of nitrogens with two attached hydrogens (primary N) is 1. The van der Waals surface area contributed by atoms with Crippen molar-refractivity contribution in [2.45, 2.75) is 39.4 Å². The van der Waals surface area contributed by atoms with E-state index in [-0.39, 0.29) is 30.7 Å². The van der Waals surface area contributed by atoms with Gasteiger partial charge in [-0.05, 0) is 36.7 Å². The molecule has 0 spiro atoms. The van der Waals surface area contributed by atoms with Gasteiger partial charge in [-0.2, -0.15) is 0 Å². The smallest absolute Gasteiger partial charge is 0.244 e. The molecule has 2 aromatic carbocycles. The van der Waals surface area contributed by atoms with E-state index in [1.54, 1.807) is 6.92 Å². The molecule has 3 N–H and O–H groups in total. The van der Waals surface area contributed by atoms with Crippen molar-refractivity contribution in [3.8, 4) is 0 Å². The molecule has 0 aliphatic carbocycles. The van der Waals surface area contributed by atoms with Crippen LogP contribution in [-0.2, 0) is 23.4 Å². The third-order valence-electron chi connectivity index (χ3n) is 4.59. The quantitative estimate of drug-likeness (QED) is 0.692. The zero-order valence-electron chi connectivity index (χ0n) is 16.3. The molecular weight excluding hydrogens is 381 g/mol. The highest BCUT2D eigenvalue weighted by atomic mass is 35.5. The Kier molecular flexibility index (Phi) is 11.3. The minimum atomic E-state index is -1.04. The van der Waals surface area contributed by atoms with Crippen LogP contribution in [0.15, 0.2) is 54.6 Å². The second-order valence-corrected chi connectivity index (χ2v) is 6.53. The molecule has 150 valence electrons. The Balaban J connectivity index is 0.00000338. The summed E-state index contributed by atoms with van der Waals surface area (Å²) in [5.41, 5.74) is 8.37. The fourth-order valence-electron chi connectivity index (χ4n) is 2.82. The van der Waals surface area contributed by atoms with Crippen LogP contribution in [0.3, 0.4) is 0 Å². The molecule has 0 aliphatic rings. The van der Waals surface area contributed by atoms with Gasteiger partial charge in [-0.15, -0.1) is 24.8 Å². The van der Waals surface area contributed by atoms with Gasteiger partial charge in [0.25, 0.3) is 0 Å². The van der Waals surface area contributed by atoms with Crippen LogP contribution in [0.5, 0.6) is 0 Å². The Labute approximate surface area is 175 Å². The van der Waals surface area contributed by atoms with Crippen LogP contribution in [0.2, 0.25) is 0 Å². The first-order chi connectivity index (χ1) is 12.0. The molecule has 0 aliphatic heterocycles. The molecule has 2 rings (SSSR count). The number of carbonyl (C=O) groups excluding carboxylic acids is 1. The van der Waals surface area contributed by atoms with Crippen molar-refractivity contribution in [1.82, 2.24) is 10.2 Å². The summed E-state index contributed by atoms with van der Waals surface area (Å²) >= 11 is 0. The molecule has 0 saturated carbocycles. The summed E-state index contributed by atoms with van der Waals surface area (Å²) in [6.45, 7) is 9.53. The average molecular weight is 412 g/mol. The standard InChI is InChI=1S/C21H29N3O.2ClH/c1-4-24(5-2)16-18-11-9-10-17(14-18)15-23-20(25)21(3,22)19-12-7-6-8-13-19;;/h6-14H,4-5,15-16,22H2,1-3H3,(H,23,25);2*1H. The Morgan fingerprint density at radius 3 is 2.19 bits per heavy atom. The number of rotatable bonds is 8. The molecule has 0 aromatic heterocycles. The Morgan fingerprint density at radius 2 is 1.59 bits per heavy atom. The number of hydrogen-bond acceptors (Lipinski definition) is 3. The highest BCUT2D eigenvalue weighted by Crippen LogP contribution is 2.17. The lowest BCUT2D eigenvalue weighted by molar-refractivity contribution is -0.126. The summed E-state index contributed by atoms with van der Waals surface area (Å²) < 4.78 is 0. The van der Waals surface area contributed by atoms with Crippen molar-refractivity contribution < 1.29 is 4.79 Å². The molecule has 6 heteroatoms. The molecule has 0 radical (unpaired) electrons. The predicted octanol–water partition coefficient (Wildman–Crippen LogP) is 3.86. The number of hydrogen-bond donors (Lipinski definition) is 2. The molecule has 2 aromatic rings. The van der Waals surface area contributed by atoms with Gasteiger partial charge in [0.1, 0.15) is 5.54 Å². The van der Waals surface area contributed by atoms with E-state index in [0.717, 1.165) is 30.8 Å². The van der Waals surface area contributed by atoms with Crippen LogP contribution in [0.4, 0.5) is 0 Å². The van der Waals surface area contributed by atoms with Gasteiger partial charge in [0, 0.05) is 13.1 Å². The van der Waals surface area contributed by atoms with Crippen molar-refractivity contribution in [2.75, 3.05) is 13.1 Å². The monoisotopic (exact) mass is 411 g/mol. The maximum atomic E-state index is 12.5. The minimum absolute atomic E-state index is 0. The first-order valence-electron chi connectivity index (χ1n) is 8.90. The van der Waals surface area contributed by atoms with Gasteiger partial charge in [-0.3, -0.25) is 9.69 Å². The Hall–Kier alpha value is -1.59. The van der Waals surface area contributed by atoms with E-state index in [0.29, 0.717) is 6.54 Å². The van der Waals surface area contributed by atoms with Crippen molar-refractivity contribution in [3.05, 3.63) is 71.3 Å². The maximum absolute atomic E-state index is 12.5. The summed E-state index contributed by atoms with van der Waals surface area (Å²) in [5, 5.41) is 2.97. The molecule has 0 fully saturated rings. The summed E-state index contributed by atoms with van der Waals surface area (Å²) in [5.74, 6) is -0.173. The number of halogens is 2. The highest BCUT2D eigenvalue weighted by molar-refractivity contribution is 5.87. The number of carbonyl (C=O) groups is 1. The van der Waals surface area contributed by atoms with Gasteiger partial charge in [0.15, 0.2) is 0 Å². The lowest BCUT2D eigenvalue weighted by atomic mass is 9.92. The third kappa shape index (κ3) is 7.15. The summed E-state index contributed by atoms with van der Waals surface area (Å²) in [7, 11) is 0. The fraction of sp³-hybridized carbons (Fsp3) is 0.381. The van der Waals surface area contributed by atoms with Crippen LogP contribution in [-0.4, -0.2) is 23.9 Å². The van der Waals surface area contributed by atoms with Crippen molar-refractivity contribution in [3.63, 3.8) is 0 Å². The molecule has 27 heavy (non-hydrogen) atoms. The molecule has 0 saturated heterocycles. The third-order valence-corrected chi connectivity index (χ3v) is 4.59. The van der Waals surface area contributed by atoms with Crippen molar-refractivity contribution >= 4 is 30.7 Å². The van der Waals surface area contributed by atoms with Crippen LogP contribution in [0.25, 0.3) is 0 Å². The van der Waals surface area contributed by atoms with E-state index >= 15 is 0 Å². The van der Waals surface area contributed by atoms with E-state index in [2.05, 4.69) is 36.2 Å². The first-order valence-corrected chi connectivity index (χ1v) is 8.90. The largest absolute Gasteiger partial charge is 0.350 e. The van der Waals surface area contributed by atoms with Crippen molar-refractivity contribution in [1.29, 1.82) is 0 Å². The zero-order valence-corrected chi connectivity index (χ0v) is 17.9. The van der Waals surface area contributed by atoms with Gasteiger partial charge >= 0.3 is 0 Å². The summed E-state index contributed by atoms with van der Waals surface area (Å²) in [6.07, 6.45) is 0. The fourth-order valence-corrected chi connectivity index (χ4v) is 2.82. The number of nitrogens with zero attached hydrogens (tertiary/aromatic N) is 1. The summed E-state index contributed by atoms with van der Waals surface area (Å²) in [6, 6.07) is 17.8. The highest BCUT2D eigenvalue weighted by Gasteiger charge is 2.29. The maximum Gasteiger partial charge on any atom is 0.244 e. The van der Waals surface area contributed by atoms with Crippen molar-refractivity contribution in [2.24, 2.45) is 5.73 Å². The normalized spacial score (nSPS) is 12.5. The van der Waals surface area contributed by atoms with E-state index in [1.807, 2.05) is 42.5 Å². The topological polar surface area (TPSA) is 58.4 Å². The molecule has 4 nitrogen and oxygen atoms in total. The van der Waals surface area contributed by atoms with E-state index in [4.69, 9.17) is 5.73 Å². The van der Waals surface area contributed by atoms with Crippen LogP contribution >= 0.6 is 24.8 Å². The minimum Gasteiger partial charge on any atom is -0.350 e. The lowest BCUT2D eigenvalue weighted by Crippen LogP contribution is -2.48. The Bertz CT molecular complexity index is 689. The average Bonchev–Trinajstić information content (AvgIpc) is 2.65. The number of amides is 1. The molecule has 0 bridgehead atoms. The molecule has 0 heterocycles. The molecular formula is C21H31Cl2N3O. The zero-order chi connectivity index (χ0) is 18.3. The van der Waals surface area contributed by atoms with E-state index in [1.165, 1.54) is 5.56 Å². The first kappa shape index (κ1) is 25.4. The van der Waals surface area contributed by atoms with E-state index < -0.39 is 5.54 Å². The summed E-state index contributed by atoms with van der Waals surface area (Å²) in [4.78, 5) is 14.9. The number of benzene rings is 2.